The molecular formula is C12H14ClN3S. The third-order valence-corrected chi connectivity index (χ3v) is 4.95. The SMILES string of the molecule is CN(C)C1CCc2c(sc3ncnc(Cl)c23)C1. The van der Waals surface area contributed by atoms with Crippen LogP contribution in [0.25, 0.3) is 10.2 Å². The highest BCUT2D eigenvalue weighted by Crippen LogP contribution is 2.38. The Labute approximate surface area is 109 Å². The van der Waals surface area contributed by atoms with Gasteiger partial charge in [0.1, 0.15) is 16.3 Å². The number of rotatable bonds is 1. The largest absolute Gasteiger partial charge is 0.306 e. The average molecular weight is 268 g/mol. The van der Waals surface area contributed by atoms with Crippen molar-refractivity contribution in [3.8, 4) is 0 Å². The molecule has 0 saturated heterocycles. The molecule has 1 aliphatic rings. The van der Waals surface area contributed by atoms with Crippen LogP contribution in [-0.4, -0.2) is 35.0 Å². The molecule has 1 aliphatic carbocycles. The number of aromatic nitrogens is 2. The van der Waals surface area contributed by atoms with E-state index in [1.165, 1.54) is 16.9 Å². The van der Waals surface area contributed by atoms with Crippen LogP contribution in [0.1, 0.15) is 16.9 Å². The molecule has 3 nitrogen and oxygen atoms in total. The van der Waals surface area contributed by atoms with Gasteiger partial charge in [-0.15, -0.1) is 11.3 Å². The molecule has 0 aromatic carbocycles. The Kier molecular flexibility index (Phi) is 2.81. The highest BCUT2D eigenvalue weighted by Gasteiger charge is 2.25. The lowest BCUT2D eigenvalue weighted by molar-refractivity contribution is 0.270. The summed E-state index contributed by atoms with van der Waals surface area (Å²) in [4.78, 5) is 13.2. The Morgan fingerprint density at radius 2 is 2.24 bits per heavy atom. The van der Waals surface area contributed by atoms with Gasteiger partial charge in [0.15, 0.2) is 0 Å². The van der Waals surface area contributed by atoms with Crippen LogP contribution in [0.2, 0.25) is 5.15 Å². The van der Waals surface area contributed by atoms with Gasteiger partial charge in [0, 0.05) is 10.9 Å². The predicted octanol–water partition coefficient (Wildman–Crippen LogP) is 2.76. The average Bonchev–Trinajstić information content (AvgIpc) is 2.67. The first-order valence-electron chi connectivity index (χ1n) is 5.74. The van der Waals surface area contributed by atoms with Crippen LogP contribution >= 0.6 is 22.9 Å². The van der Waals surface area contributed by atoms with Gasteiger partial charge >= 0.3 is 0 Å². The zero-order chi connectivity index (χ0) is 12.0. The highest BCUT2D eigenvalue weighted by molar-refractivity contribution is 7.19. The first-order valence-corrected chi connectivity index (χ1v) is 6.93. The maximum absolute atomic E-state index is 6.18. The lowest BCUT2D eigenvalue weighted by Gasteiger charge is -2.28. The van der Waals surface area contributed by atoms with Crippen molar-refractivity contribution in [1.29, 1.82) is 0 Å². The standard InChI is InChI=1S/C12H14ClN3S/c1-16(2)7-3-4-8-9(5-7)17-12-10(8)11(13)14-6-15-12/h6-7H,3-5H2,1-2H3. The number of likely N-dealkylation sites (N-methyl/N-ethyl adjacent to an activating group) is 1. The Bertz CT molecular complexity index is 564. The predicted molar refractivity (Wildman–Crippen MR) is 71.9 cm³/mol. The van der Waals surface area contributed by atoms with E-state index in [1.54, 1.807) is 17.7 Å². The topological polar surface area (TPSA) is 29.0 Å². The maximum Gasteiger partial charge on any atom is 0.141 e. The summed E-state index contributed by atoms with van der Waals surface area (Å²) in [6.07, 6.45) is 4.94. The van der Waals surface area contributed by atoms with Crippen molar-refractivity contribution in [1.82, 2.24) is 14.9 Å². The Morgan fingerprint density at radius 1 is 1.41 bits per heavy atom. The molecule has 2 aromatic heterocycles. The van der Waals surface area contributed by atoms with Crippen LogP contribution in [-0.2, 0) is 12.8 Å². The minimum Gasteiger partial charge on any atom is -0.306 e. The molecule has 5 heteroatoms. The van der Waals surface area contributed by atoms with E-state index in [-0.39, 0.29) is 0 Å². The van der Waals surface area contributed by atoms with E-state index in [9.17, 15) is 0 Å². The molecule has 0 spiro atoms. The fourth-order valence-electron chi connectivity index (χ4n) is 2.50. The first kappa shape index (κ1) is 11.4. The Hall–Kier alpha value is -0.710. The lowest BCUT2D eigenvalue weighted by atomic mass is 9.92. The number of hydrogen-bond donors (Lipinski definition) is 0. The van der Waals surface area contributed by atoms with E-state index in [1.807, 2.05) is 0 Å². The molecule has 2 aromatic rings. The molecule has 0 N–H and O–H groups in total. The number of aryl methyl sites for hydroxylation is 1. The van der Waals surface area contributed by atoms with Gasteiger partial charge < -0.3 is 4.90 Å². The molecule has 1 atom stereocenters. The zero-order valence-electron chi connectivity index (χ0n) is 9.90. The van der Waals surface area contributed by atoms with Crippen LogP contribution in [0.15, 0.2) is 6.33 Å². The van der Waals surface area contributed by atoms with Crippen molar-refractivity contribution in [3.05, 3.63) is 21.9 Å². The van der Waals surface area contributed by atoms with Gasteiger partial charge in [-0.05, 0) is 38.9 Å². The van der Waals surface area contributed by atoms with Gasteiger partial charge in [0.25, 0.3) is 0 Å². The van der Waals surface area contributed by atoms with Crippen molar-refractivity contribution in [3.63, 3.8) is 0 Å². The van der Waals surface area contributed by atoms with Gasteiger partial charge in [-0.25, -0.2) is 9.97 Å². The van der Waals surface area contributed by atoms with Gasteiger partial charge in [0.05, 0.1) is 5.39 Å². The second-order valence-corrected chi connectivity index (χ2v) is 6.15. The summed E-state index contributed by atoms with van der Waals surface area (Å²) in [7, 11) is 4.30. The van der Waals surface area contributed by atoms with Crippen LogP contribution in [0.3, 0.4) is 0 Å². The Morgan fingerprint density at radius 3 is 3.00 bits per heavy atom. The summed E-state index contributed by atoms with van der Waals surface area (Å²) in [6, 6.07) is 0.641. The highest BCUT2D eigenvalue weighted by atomic mass is 35.5. The smallest absolute Gasteiger partial charge is 0.141 e. The second kappa shape index (κ2) is 4.19. The van der Waals surface area contributed by atoms with Crippen molar-refractivity contribution in [2.24, 2.45) is 0 Å². The van der Waals surface area contributed by atoms with Crippen molar-refractivity contribution < 1.29 is 0 Å². The monoisotopic (exact) mass is 267 g/mol. The van der Waals surface area contributed by atoms with Crippen LogP contribution in [0, 0.1) is 0 Å². The van der Waals surface area contributed by atoms with Crippen LogP contribution < -0.4 is 0 Å². The quantitative estimate of drug-likeness (QED) is 0.744. The van der Waals surface area contributed by atoms with Crippen molar-refractivity contribution in [2.45, 2.75) is 25.3 Å². The molecule has 1 unspecified atom stereocenters. The summed E-state index contributed by atoms with van der Waals surface area (Å²) < 4.78 is 0. The van der Waals surface area contributed by atoms with Gasteiger partial charge in [-0.1, -0.05) is 11.6 Å². The lowest BCUT2D eigenvalue weighted by Crippen LogP contribution is -2.32. The molecule has 0 radical (unpaired) electrons. The normalized spacial score (nSPS) is 19.9. The fourth-order valence-corrected chi connectivity index (χ4v) is 4.06. The molecule has 0 saturated carbocycles. The third kappa shape index (κ3) is 1.84. The molecule has 0 amide bonds. The first-order chi connectivity index (χ1) is 8.16. The molecule has 17 heavy (non-hydrogen) atoms. The molecule has 0 bridgehead atoms. The number of fused-ring (bicyclic) bond motifs is 3. The Balaban J connectivity index is 2.11. The van der Waals surface area contributed by atoms with Crippen molar-refractivity contribution >= 4 is 33.2 Å². The molecule has 2 heterocycles. The summed E-state index contributed by atoms with van der Waals surface area (Å²) in [6.45, 7) is 0. The summed E-state index contributed by atoms with van der Waals surface area (Å²) in [5, 5.41) is 1.70. The van der Waals surface area contributed by atoms with Crippen molar-refractivity contribution in [2.75, 3.05) is 14.1 Å². The number of halogens is 1. The fraction of sp³-hybridized carbons (Fsp3) is 0.500. The number of thiophene rings is 1. The minimum absolute atomic E-state index is 0.607. The number of hydrogen-bond acceptors (Lipinski definition) is 4. The van der Waals surface area contributed by atoms with Gasteiger partial charge in [0.2, 0.25) is 0 Å². The van der Waals surface area contributed by atoms with E-state index in [0.29, 0.717) is 11.2 Å². The van der Waals surface area contributed by atoms with E-state index in [0.717, 1.165) is 23.1 Å². The van der Waals surface area contributed by atoms with E-state index in [2.05, 4.69) is 29.0 Å². The molecular weight excluding hydrogens is 254 g/mol. The summed E-state index contributed by atoms with van der Waals surface area (Å²) >= 11 is 7.95. The zero-order valence-corrected chi connectivity index (χ0v) is 11.5. The molecule has 90 valence electrons. The summed E-state index contributed by atoms with van der Waals surface area (Å²) in [5.74, 6) is 0. The van der Waals surface area contributed by atoms with Crippen LogP contribution in [0.5, 0.6) is 0 Å². The molecule has 0 aliphatic heterocycles. The molecule has 3 rings (SSSR count). The maximum atomic E-state index is 6.18. The third-order valence-electron chi connectivity index (χ3n) is 3.50. The van der Waals surface area contributed by atoms with E-state index >= 15 is 0 Å². The summed E-state index contributed by atoms with van der Waals surface area (Å²) in [5.41, 5.74) is 1.38. The second-order valence-electron chi connectivity index (χ2n) is 4.71. The van der Waals surface area contributed by atoms with Gasteiger partial charge in [-0.3, -0.25) is 0 Å². The molecule has 0 fully saturated rings. The van der Waals surface area contributed by atoms with E-state index < -0.39 is 0 Å². The van der Waals surface area contributed by atoms with Gasteiger partial charge in [-0.2, -0.15) is 0 Å². The minimum atomic E-state index is 0.607. The van der Waals surface area contributed by atoms with E-state index in [4.69, 9.17) is 11.6 Å². The van der Waals surface area contributed by atoms with Crippen LogP contribution in [0.4, 0.5) is 0 Å². The number of nitrogens with zero attached hydrogens (tertiary/aromatic N) is 3.